The number of aliphatic hydroxyl groups is 1. The number of hydrogen-bond donors (Lipinski definition) is 2. The monoisotopic (exact) mass is 1030 g/mol. The highest BCUT2D eigenvalue weighted by Crippen LogP contribution is 2.38. The predicted octanol–water partition coefficient (Wildman–Crippen LogP) is 18.2. The molecule has 0 fully saturated rings. The number of amides is 1. The molecule has 0 spiro atoms. The van der Waals surface area contributed by atoms with E-state index in [1.54, 1.807) is 0 Å². The standard InChI is InChI=1S/C63H119N2O6P/c1-6-8-10-12-14-16-18-20-22-24-25-26-27-28-29-30-31-32-33-34-35-36-37-38-39-41-42-44-46-48-50-52-54-56-62(66)61(60-71-72(68,69)70-59-58-65(3,4)5)64-63(67)57-55-53-51-49-47-45-43-40-23-21-19-17-15-13-11-9-7-2/h9,11,15,17,21,23,43,45,49,51,61-62,66H,6-8,10,12-14,16,18-20,22,24-42,44,46-48,50,52-60H2,1-5H3,(H-,64,67,68,69)/b11-9-,17-15-,23-21-,45-43-,51-49-. The molecule has 9 heteroatoms. The molecule has 0 bridgehead atoms. The molecule has 0 aromatic carbocycles. The van der Waals surface area contributed by atoms with Gasteiger partial charge in [0.05, 0.1) is 39.9 Å². The van der Waals surface area contributed by atoms with Gasteiger partial charge in [0.25, 0.3) is 7.82 Å². The van der Waals surface area contributed by atoms with Crippen LogP contribution in [0.4, 0.5) is 0 Å². The summed E-state index contributed by atoms with van der Waals surface area (Å²) in [5.74, 6) is -0.220. The van der Waals surface area contributed by atoms with Crippen LogP contribution < -0.4 is 10.2 Å². The maximum atomic E-state index is 12.9. The molecule has 0 aromatic rings. The maximum Gasteiger partial charge on any atom is 0.268 e. The normalized spacial score (nSPS) is 14.3. The molecule has 0 aliphatic rings. The van der Waals surface area contributed by atoms with Crippen LogP contribution in [0, 0.1) is 0 Å². The van der Waals surface area contributed by atoms with Crippen molar-refractivity contribution in [1.29, 1.82) is 0 Å². The van der Waals surface area contributed by atoms with Crippen LogP contribution in [0.5, 0.6) is 0 Å². The van der Waals surface area contributed by atoms with Crippen LogP contribution in [0.3, 0.4) is 0 Å². The van der Waals surface area contributed by atoms with E-state index in [-0.39, 0.29) is 25.5 Å². The van der Waals surface area contributed by atoms with Crippen LogP contribution in [0.25, 0.3) is 0 Å². The topological polar surface area (TPSA) is 108 Å². The first-order valence-corrected chi connectivity index (χ1v) is 32.1. The Morgan fingerprint density at radius 2 is 0.833 bits per heavy atom. The molecule has 0 aliphatic heterocycles. The average Bonchev–Trinajstić information content (AvgIpc) is 3.34. The molecule has 2 N–H and O–H groups in total. The fourth-order valence-corrected chi connectivity index (χ4v) is 9.74. The molecule has 0 saturated heterocycles. The first-order chi connectivity index (χ1) is 35.0. The predicted molar refractivity (Wildman–Crippen MR) is 311 cm³/mol. The van der Waals surface area contributed by atoms with Crippen LogP contribution in [0.1, 0.15) is 284 Å². The highest BCUT2D eigenvalue weighted by atomic mass is 31.2. The summed E-state index contributed by atoms with van der Waals surface area (Å²) >= 11 is 0. The smallest absolute Gasteiger partial charge is 0.268 e. The molecule has 422 valence electrons. The number of rotatable bonds is 56. The summed E-state index contributed by atoms with van der Waals surface area (Å²) in [5.41, 5.74) is 0. The Morgan fingerprint density at radius 3 is 1.18 bits per heavy atom. The Kier molecular flexibility index (Phi) is 52.7. The number of likely N-dealkylation sites (N-methyl/N-ethyl adjacent to an activating group) is 1. The number of unbranched alkanes of at least 4 members (excludes halogenated alkanes) is 33. The van der Waals surface area contributed by atoms with Gasteiger partial charge in [0, 0.05) is 6.42 Å². The van der Waals surface area contributed by atoms with E-state index >= 15 is 0 Å². The fraction of sp³-hybridized carbons (Fsp3) is 0.825. The number of carbonyl (C=O) groups is 1. The van der Waals surface area contributed by atoms with Crippen molar-refractivity contribution >= 4 is 13.7 Å². The number of nitrogens with zero attached hydrogens (tertiary/aromatic N) is 1. The minimum atomic E-state index is -4.59. The highest BCUT2D eigenvalue weighted by Gasteiger charge is 2.24. The third-order valence-electron chi connectivity index (χ3n) is 13.8. The minimum Gasteiger partial charge on any atom is -0.756 e. The Labute approximate surface area is 447 Å². The third kappa shape index (κ3) is 55.9. The number of aliphatic hydroxyl groups excluding tert-OH is 1. The lowest BCUT2D eigenvalue weighted by atomic mass is 10.0. The fourth-order valence-electron chi connectivity index (χ4n) is 9.02. The van der Waals surface area contributed by atoms with Gasteiger partial charge in [-0.3, -0.25) is 9.36 Å². The number of quaternary nitrogens is 1. The Balaban J connectivity index is 4.06. The summed E-state index contributed by atoms with van der Waals surface area (Å²) in [7, 11) is 1.27. The van der Waals surface area contributed by atoms with Gasteiger partial charge in [0.2, 0.25) is 5.91 Å². The van der Waals surface area contributed by atoms with Crippen molar-refractivity contribution < 1.29 is 32.9 Å². The molecular formula is C63H119N2O6P. The Hall–Kier alpha value is -1.80. The first kappa shape index (κ1) is 70.2. The zero-order chi connectivity index (χ0) is 52.7. The largest absolute Gasteiger partial charge is 0.756 e. The van der Waals surface area contributed by atoms with E-state index in [2.05, 4.69) is 79.9 Å². The van der Waals surface area contributed by atoms with Crippen molar-refractivity contribution in [3.63, 3.8) is 0 Å². The number of nitrogens with one attached hydrogen (secondary N) is 1. The van der Waals surface area contributed by atoms with Gasteiger partial charge in [-0.15, -0.1) is 0 Å². The molecule has 0 aliphatic carbocycles. The number of hydrogen-bond acceptors (Lipinski definition) is 6. The van der Waals surface area contributed by atoms with Gasteiger partial charge in [-0.1, -0.05) is 286 Å². The van der Waals surface area contributed by atoms with E-state index in [0.29, 0.717) is 23.9 Å². The lowest BCUT2D eigenvalue weighted by Gasteiger charge is -2.30. The molecule has 0 radical (unpaired) electrons. The van der Waals surface area contributed by atoms with E-state index in [4.69, 9.17) is 9.05 Å². The van der Waals surface area contributed by atoms with Crippen molar-refractivity contribution in [1.82, 2.24) is 5.32 Å². The van der Waals surface area contributed by atoms with Crippen LogP contribution in [0.2, 0.25) is 0 Å². The Bertz CT molecular complexity index is 1360. The van der Waals surface area contributed by atoms with Crippen molar-refractivity contribution in [3.8, 4) is 0 Å². The zero-order valence-electron chi connectivity index (χ0n) is 48.1. The van der Waals surface area contributed by atoms with Crippen LogP contribution in [-0.4, -0.2) is 68.5 Å². The van der Waals surface area contributed by atoms with Gasteiger partial charge in [-0.25, -0.2) is 0 Å². The average molecular weight is 1030 g/mol. The molecule has 0 rings (SSSR count). The van der Waals surface area contributed by atoms with E-state index in [9.17, 15) is 19.4 Å². The summed E-state index contributed by atoms with van der Waals surface area (Å²) in [4.78, 5) is 25.5. The second-order valence-electron chi connectivity index (χ2n) is 22.0. The molecule has 1 amide bonds. The minimum absolute atomic E-state index is 0.000623. The number of carbonyl (C=O) groups excluding carboxylic acids is 1. The highest BCUT2D eigenvalue weighted by molar-refractivity contribution is 7.45. The van der Waals surface area contributed by atoms with Gasteiger partial charge >= 0.3 is 0 Å². The van der Waals surface area contributed by atoms with Crippen molar-refractivity contribution in [2.75, 3.05) is 40.9 Å². The van der Waals surface area contributed by atoms with Crippen molar-refractivity contribution in [3.05, 3.63) is 60.8 Å². The van der Waals surface area contributed by atoms with Gasteiger partial charge in [-0.05, 0) is 51.4 Å². The van der Waals surface area contributed by atoms with Crippen molar-refractivity contribution in [2.45, 2.75) is 296 Å². The van der Waals surface area contributed by atoms with Crippen LogP contribution in [-0.2, 0) is 18.4 Å². The lowest BCUT2D eigenvalue weighted by molar-refractivity contribution is -0.870. The third-order valence-corrected chi connectivity index (χ3v) is 14.7. The van der Waals surface area contributed by atoms with Crippen molar-refractivity contribution in [2.24, 2.45) is 0 Å². The summed E-state index contributed by atoms with van der Waals surface area (Å²) in [6.07, 6.45) is 73.0. The summed E-state index contributed by atoms with van der Waals surface area (Å²) in [6.45, 7) is 4.59. The zero-order valence-corrected chi connectivity index (χ0v) is 49.0. The SMILES string of the molecule is CC/C=C\C/C=C\C/C=C\C/C=C\C/C=C\CCCC(=O)NC(COP(=O)([O-])OCC[N+](C)(C)C)C(O)CCCCCCCCCCCCCCCCCCCCCCCCCCCCCCCCCCC. The quantitative estimate of drug-likeness (QED) is 0.0272. The number of phosphoric ester groups is 1. The molecule has 0 heterocycles. The summed E-state index contributed by atoms with van der Waals surface area (Å²) < 4.78 is 23.4. The van der Waals surface area contributed by atoms with Crippen LogP contribution >= 0.6 is 7.82 Å². The van der Waals surface area contributed by atoms with Gasteiger partial charge in [0.15, 0.2) is 0 Å². The summed E-state index contributed by atoms with van der Waals surface area (Å²) in [6, 6.07) is -0.834. The number of allylic oxidation sites excluding steroid dienone is 10. The van der Waals surface area contributed by atoms with Gasteiger partial charge in [-0.2, -0.15) is 0 Å². The van der Waals surface area contributed by atoms with Gasteiger partial charge in [0.1, 0.15) is 13.2 Å². The summed E-state index contributed by atoms with van der Waals surface area (Å²) in [5, 5.41) is 14.0. The molecule has 3 unspecified atom stereocenters. The van der Waals surface area contributed by atoms with Crippen LogP contribution in [0.15, 0.2) is 60.8 Å². The first-order valence-electron chi connectivity index (χ1n) is 30.6. The molecule has 0 aromatic heterocycles. The van der Waals surface area contributed by atoms with E-state index in [1.165, 1.54) is 193 Å². The lowest BCUT2D eigenvalue weighted by Crippen LogP contribution is -2.46. The Morgan fingerprint density at radius 1 is 0.500 bits per heavy atom. The molecule has 0 saturated carbocycles. The van der Waals surface area contributed by atoms with Gasteiger partial charge < -0.3 is 28.8 Å². The number of phosphoric acid groups is 1. The molecule has 3 atom stereocenters. The maximum absolute atomic E-state index is 12.9. The molecular weight excluding hydrogens is 912 g/mol. The van der Waals surface area contributed by atoms with E-state index < -0.39 is 20.0 Å². The van der Waals surface area contributed by atoms with E-state index in [1.807, 2.05) is 21.1 Å². The second kappa shape index (κ2) is 54.0. The van der Waals surface area contributed by atoms with E-state index in [0.717, 1.165) is 57.8 Å². The second-order valence-corrected chi connectivity index (χ2v) is 23.4. The molecule has 8 nitrogen and oxygen atoms in total. The molecule has 72 heavy (non-hydrogen) atoms.